The molecule has 2 aromatic carbocycles. The highest BCUT2D eigenvalue weighted by Gasteiger charge is 2.30. The monoisotopic (exact) mass is 382 g/mol. The third kappa shape index (κ3) is 4.65. The van der Waals surface area contributed by atoms with Crippen LogP contribution >= 0.6 is 0 Å². The van der Waals surface area contributed by atoms with Crippen molar-refractivity contribution in [3.8, 4) is 5.75 Å². The SMILES string of the molecule is COc1ccccc1N1CC[NH+]([C@H](C)C(=O)Nc2ccc(C(C)C)cc2)CC1. The summed E-state index contributed by atoms with van der Waals surface area (Å²) in [4.78, 5) is 16.4. The van der Waals surface area contributed by atoms with Gasteiger partial charge in [0, 0.05) is 5.69 Å². The van der Waals surface area contributed by atoms with Gasteiger partial charge < -0.3 is 19.9 Å². The van der Waals surface area contributed by atoms with Gasteiger partial charge >= 0.3 is 0 Å². The molecule has 1 aliphatic rings. The molecule has 1 fully saturated rings. The second kappa shape index (κ2) is 9.11. The number of rotatable bonds is 6. The van der Waals surface area contributed by atoms with Gasteiger partial charge in [0.25, 0.3) is 5.91 Å². The fourth-order valence-electron chi connectivity index (χ4n) is 3.75. The van der Waals surface area contributed by atoms with Gasteiger partial charge in [-0.2, -0.15) is 0 Å². The molecule has 3 rings (SSSR count). The molecule has 2 N–H and O–H groups in total. The summed E-state index contributed by atoms with van der Waals surface area (Å²) in [5.41, 5.74) is 3.28. The molecule has 0 spiro atoms. The van der Waals surface area contributed by atoms with Crippen LogP contribution in [-0.4, -0.2) is 45.2 Å². The Kier molecular flexibility index (Phi) is 6.57. The van der Waals surface area contributed by atoms with E-state index in [-0.39, 0.29) is 11.9 Å². The van der Waals surface area contributed by atoms with Gasteiger partial charge in [-0.15, -0.1) is 0 Å². The van der Waals surface area contributed by atoms with Crippen LogP contribution in [0.2, 0.25) is 0 Å². The topological polar surface area (TPSA) is 46.0 Å². The molecule has 1 heterocycles. The number of benzene rings is 2. The summed E-state index contributed by atoms with van der Waals surface area (Å²) in [5, 5.41) is 3.07. The van der Waals surface area contributed by atoms with E-state index in [0.717, 1.165) is 43.3 Å². The van der Waals surface area contributed by atoms with Gasteiger partial charge in [0.2, 0.25) is 0 Å². The van der Waals surface area contributed by atoms with Crippen molar-refractivity contribution in [2.24, 2.45) is 0 Å². The van der Waals surface area contributed by atoms with Gasteiger partial charge in [-0.25, -0.2) is 0 Å². The molecule has 0 aliphatic carbocycles. The lowest BCUT2D eigenvalue weighted by atomic mass is 10.0. The maximum atomic E-state index is 12.7. The molecule has 1 amide bonds. The van der Waals surface area contributed by atoms with Gasteiger partial charge in [-0.3, -0.25) is 4.79 Å². The zero-order valence-corrected chi connectivity index (χ0v) is 17.4. The van der Waals surface area contributed by atoms with Crippen molar-refractivity contribution in [3.63, 3.8) is 0 Å². The van der Waals surface area contributed by atoms with Crippen molar-refractivity contribution in [2.45, 2.75) is 32.7 Å². The number of hydrogen-bond acceptors (Lipinski definition) is 3. The lowest BCUT2D eigenvalue weighted by molar-refractivity contribution is -0.914. The molecule has 0 saturated carbocycles. The molecule has 1 saturated heterocycles. The number of para-hydroxylation sites is 2. The molecule has 2 aromatic rings. The first-order valence-corrected chi connectivity index (χ1v) is 10.1. The number of quaternary nitrogens is 1. The Balaban J connectivity index is 1.55. The van der Waals surface area contributed by atoms with E-state index in [0.29, 0.717) is 5.92 Å². The van der Waals surface area contributed by atoms with Gasteiger partial charge in [0.15, 0.2) is 6.04 Å². The van der Waals surface area contributed by atoms with E-state index in [1.54, 1.807) is 7.11 Å². The van der Waals surface area contributed by atoms with Crippen LogP contribution in [0.3, 0.4) is 0 Å². The predicted octanol–water partition coefficient (Wildman–Crippen LogP) is 2.55. The second-order valence-electron chi connectivity index (χ2n) is 7.80. The number of piperazine rings is 1. The largest absolute Gasteiger partial charge is 0.495 e. The van der Waals surface area contributed by atoms with Crippen LogP contribution in [0.1, 0.15) is 32.3 Å². The molecule has 5 heteroatoms. The first-order valence-electron chi connectivity index (χ1n) is 10.1. The predicted molar refractivity (Wildman–Crippen MR) is 115 cm³/mol. The summed E-state index contributed by atoms with van der Waals surface area (Å²) in [6.07, 6.45) is 0. The molecule has 0 unspecified atom stereocenters. The van der Waals surface area contributed by atoms with E-state index in [9.17, 15) is 4.79 Å². The normalized spacial score (nSPS) is 16.1. The number of anilines is 2. The highest BCUT2D eigenvalue weighted by Crippen LogP contribution is 2.27. The molecular weight excluding hydrogens is 350 g/mol. The van der Waals surface area contributed by atoms with Crippen LogP contribution in [0.15, 0.2) is 48.5 Å². The lowest BCUT2D eigenvalue weighted by Crippen LogP contribution is -3.19. The van der Waals surface area contributed by atoms with E-state index >= 15 is 0 Å². The minimum absolute atomic E-state index is 0.0791. The minimum Gasteiger partial charge on any atom is -0.495 e. The number of hydrogen-bond donors (Lipinski definition) is 2. The molecular formula is C23H32N3O2+. The number of nitrogens with zero attached hydrogens (tertiary/aromatic N) is 1. The van der Waals surface area contributed by atoms with Crippen LogP contribution in [0.25, 0.3) is 0 Å². The zero-order valence-electron chi connectivity index (χ0n) is 17.4. The summed E-state index contributed by atoms with van der Waals surface area (Å²) < 4.78 is 5.49. The third-order valence-electron chi connectivity index (χ3n) is 5.68. The van der Waals surface area contributed by atoms with Gasteiger partial charge in [0.1, 0.15) is 5.75 Å². The molecule has 0 aromatic heterocycles. The summed E-state index contributed by atoms with van der Waals surface area (Å²) in [7, 11) is 1.71. The quantitative estimate of drug-likeness (QED) is 0.807. The van der Waals surface area contributed by atoms with Crippen LogP contribution in [0, 0.1) is 0 Å². The smallest absolute Gasteiger partial charge is 0.282 e. The molecule has 28 heavy (non-hydrogen) atoms. The van der Waals surface area contributed by atoms with E-state index < -0.39 is 0 Å². The van der Waals surface area contributed by atoms with Crippen LogP contribution < -0.4 is 19.9 Å². The Bertz CT molecular complexity index is 781. The summed E-state index contributed by atoms with van der Waals surface area (Å²) in [5.74, 6) is 1.48. The van der Waals surface area contributed by atoms with E-state index in [2.05, 4.69) is 42.3 Å². The number of carbonyl (C=O) groups is 1. The number of amides is 1. The van der Waals surface area contributed by atoms with Gasteiger partial charge in [-0.1, -0.05) is 38.1 Å². The molecule has 0 radical (unpaired) electrons. The van der Waals surface area contributed by atoms with Crippen molar-refractivity contribution in [2.75, 3.05) is 43.5 Å². The van der Waals surface area contributed by atoms with Crippen LogP contribution in [-0.2, 0) is 4.79 Å². The van der Waals surface area contributed by atoms with E-state index in [1.807, 2.05) is 37.3 Å². The summed E-state index contributed by atoms with van der Waals surface area (Å²) in [6.45, 7) is 10.0. The lowest BCUT2D eigenvalue weighted by Gasteiger charge is -2.36. The van der Waals surface area contributed by atoms with Crippen molar-refractivity contribution in [3.05, 3.63) is 54.1 Å². The Morgan fingerprint density at radius 1 is 1.04 bits per heavy atom. The molecule has 0 bridgehead atoms. The van der Waals surface area contributed by atoms with Gasteiger partial charge in [0.05, 0.1) is 39.0 Å². The fourth-order valence-corrected chi connectivity index (χ4v) is 3.75. The third-order valence-corrected chi connectivity index (χ3v) is 5.68. The van der Waals surface area contributed by atoms with Crippen molar-refractivity contribution >= 4 is 17.3 Å². The Morgan fingerprint density at radius 3 is 2.29 bits per heavy atom. The highest BCUT2D eigenvalue weighted by molar-refractivity contribution is 5.93. The van der Waals surface area contributed by atoms with Crippen molar-refractivity contribution in [1.82, 2.24) is 0 Å². The first-order chi connectivity index (χ1) is 13.5. The summed E-state index contributed by atoms with van der Waals surface area (Å²) >= 11 is 0. The zero-order chi connectivity index (χ0) is 20.1. The fraction of sp³-hybridized carbons (Fsp3) is 0.435. The molecule has 1 atom stereocenters. The summed E-state index contributed by atoms with van der Waals surface area (Å²) in [6, 6.07) is 16.2. The Labute approximate surface area is 168 Å². The van der Waals surface area contributed by atoms with Crippen molar-refractivity contribution in [1.29, 1.82) is 0 Å². The first kappa shape index (κ1) is 20.2. The standard InChI is InChI=1S/C23H31N3O2/c1-17(2)19-9-11-20(12-10-19)24-23(27)18(3)25-13-15-26(16-14-25)21-7-5-6-8-22(21)28-4/h5-12,17-18H,13-16H2,1-4H3,(H,24,27)/p+1/t18-/m1/s1. The van der Waals surface area contributed by atoms with E-state index in [1.165, 1.54) is 10.5 Å². The average Bonchev–Trinajstić information content (AvgIpc) is 2.73. The number of ether oxygens (including phenoxy) is 1. The maximum Gasteiger partial charge on any atom is 0.282 e. The van der Waals surface area contributed by atoms with E-state index in [4.69, 9.17) is 4.74 Å². The number of carbonyl (C=O) groups excluding carboxylic acids is 1. The highest BCUT2D eigenvalue weighted by atomic mass is 16.5. The molecule has 1 aliphatic heterocycles. The average molecular weight is 383 g/mol. The van der Waals surface area contributed by atoms with Crippen LogP contribution in [0.5, 0.6) is 5.75 Å². The maximum absolute atomic E-state index is 12.7. The number of nitrogens with one attached hydrogen (secondary N) is 2. The molecule has 5 nitrogen and oxygen atoms in total. The van der Waals surface area contributed by atoms with Crippen molar-refractivity contribution < 1.29 is 14.4 Å². The van der Waals surface area contributed by atoms with Crippen LogP contribution in [0.4, 0.5) is 11.4 Å². The second-order valence-corrected chi connectivity index (χ2v) is 7.80. The number of methoxy groups -OCH3 is 1. The Hall–Kier alpha value is -2.53. The minimum atomic E-state index is -0.0791. The molecule has 150 valence electrons. The Morgan fingerprint density at radius 2 is 1.68 bits per heavy atom. The van der Waals surface area contributed by atoms with Gasteiger partial charge in [-0.05, 0) is 42.7 Å².